The number of fused-ring (bicyclic) bond motifs is 6. The smallest absolute Gasteiger partial charge is 0.137 e. The molecule has 0 bridgehead atoms. The molecule has 2 nitrogen and oxygen atoms in total. The van der Waals surface area contributed by atoms with Crippen LogP contribution >= 0.6 is 0 Å². The van der Waals surface area contributed by atoms with E-state index in [0.717, 1.165) is 50.1 Å². The molecule has 10 aromatic rings. The molecule has 0 radical (unpaired) electrons. The SMILES string of the molecule is CC1(c2ccc3oc4cccc(N(c5ccc(-c6ccccc6)cc5)c5cc(-c6ccccc6)cc(-c6ccccc6)c5)c4c3c2)c2ccccc2-c2ccccc21. The van der Waals surface area contributed by atoms with Crippen molar-refractivity contribution in [3.8, 4) is 44.5 Å². The van der Waals surface area contributed by atoms with Crippen molar-refractivity contribution < 1.29 is 4.42 Å². The van der Waals surface area contributed by atoms with Crippen molar-refractivity contribution in [3.05, 3.63) is 235 Å². The number of rotatable bonds is 7. The summed E-state index contributed by atoms with van der Waals surface area (Å²) in [6.45, 7) is 2.38. The highest BCUT2D eigenvalue weighted by molar-refractivity contribution is 6.14. The second kappa shape index (κ2) is 13.7. The van der Waals surface area contributed by atoms with Gasteiger partial charge in [-0.15, -0.1) is 0 Å². The molecule has 2 heteroatoms. The fourth-order valence-electron chi connectivity index (χ4n) is 9.27. The first-order chi connectivity index (χ1) is 28.6. The first kappa shape index (κ1) is 33.9. The summed E-state index contributed by atoms with van der Waals surface area (Å²) in [4.78, 5) is 2.42. The van der Waals surface area contributed by atoms with Gasteiger partial charge >= 0.3 is 0 Å². The third-order valence-electron chi connectivity index (χ3n) is 12.1. The van der Waals surface area contributed by atoms with Crippen molar-refractivity contribution in [2.75, 3.05) is 4.90 Å². The van der Waals surface area contributed by atoms with Gasteiger partial charge in [0.25, 0.3) is 0 Å². The van der Waals surface area contributed by atoms with E-state index in [1.165, 1.54) is 50.1 Å². The van der Waals surface area contributed by atoms with Gasteiger partial charge in [-0.05, 0) is 123 Å². The molecular formula is C56H39NO. The van der Waals surface area contributed by atoms with Crippen LogP contribution in [0.1, 0.15) is 23.6 Å². The Balaban J connectivity index is 1.16. The molecule has 1 heterocycles. The fourth-order valence-corrected chi connectivity index (χ4v) is 9.27. The van der Waals surface area contributed by atoms with Crippen molar-refractivity contribution in [3.63, 3.8) is 0 Å². The minimum absolute atomic E-state index is 0.332. The number of nitrogens with zero attached hydrogens (tertiary/aromatic N) is 1. The maximum atomic E-state index is 6.74. The summed E-state index contributed by atoms with van der Waals surface area (Å²) < 4.78 is 6.74. The monoisotopic (exact) mass is 741 g/mol. The van der Waals surface area contributed by atoms with Crippen LogP contribution in [0.5, 0.6) is 0 Å². The van der Waals surface area contributed by atoms with Gasteiger partial charge < -0.3 is 9.32 Å². The lowest BCUT2D eigenvalue weighted by atomic mass is 9.74. The normalized spacial score (nSPS) is 12.7. The minimum Gasteiger partial charge on any atom is -0.456 e. The molecule has 58 heavy (non-hydrogen) atoms. The zero-order chi connectivity index (χ0) is 38.6. The Labute approximate surface area is 338 Å². The largest absolute Gasteiger partial charge is 0.456 e. The molecule has 11 rings (SSSR count). The van der Waals surface area contributed by atoms with E-state index in [2.05, 4.69) is 230 Å². The zero-order valence-corrected chi connectivity index (χ0v) is 32.1. The average molecular weight is 742 g/mol. The zero-order valence-electron chi connectivity index (χ0n) is 32.1. The first-order valence-corrected chi connectivity index (χ1v) is 20.0. The Morgan fingerprint density at radius 1 is 0.379 bits per heavy atom. The molecule has 274 valence electrons. The lowest BCUT2D eigenvalue weighted by Gasteiger charge is -2.29. The molecule has 0 saturated carbocycles. The molecule has 0 unspecified atom stereocenters. The van der Waals surface area contributed by atoms with Crippen LogP contribution in [0.3, 0.4) is 0 Å². The van der Waals surface area contributed by atoms with E-state index in [9.17, 15) is 0 Å². The van der Waals surface area contributed by atoms with Gasteiger partial charge in [0.1, 0.15) is 11.2 Å². The summed E-state index contributed by atoms with van der Waals surface area (Å²) in [5, 5.41) is 2.18. The Hall–Kier alpha value is -7.42. The highest BCUT2D eigenvalue weighted by Gasteiger charge is 2.40. The Bertz CT molecular complexity index is 3000. The number of benzene rings is 9. The fraction of sp³-hybridized carbons (Fsp3) is 0.0357. The minimum atomic E-state index is -0.332. The second-order valence-corrected chi connectivity index (χ2v) is 15.4. The van der Waals surface area contributed by atoms with Crippen LogP contribution in [0.15, 0.2) is 223 Å². The van der Waals surface area contributed by atoms with E-state index in [0.29, 0.717) is 0 Å². The van der Waals surface area contributed by atoms with Crippen molar-refractivity contribution in [2.45, 2.75) is 12.3 Å². The summed E-state index contributed by atoms with van der Waals surface area (Å²) in [7, 11) is 0. The molecule has 0 aliphatic heterocycles. The Morgan fingerprint density at radius 3 is 1.48 bits per heavy atom. The van der Waals surface area contributed by atoms with Gasteiger partial charge in [-0.3, -0.25) is 0 Å². The van der Waals surface area contributed by atoms with E-state index >= 15 is 0 Å². The van der Waals surface area contributed by atoms with E-state index in [1.54, 1.807) is 0 Å². The van der Waals surface area contributed by atoms with Crippen LogP contribution in [0.25, 0.3) is 66.4 Å². The van der Waals surface area contributed by atoms with Gasteiger partial charge in [0.05, 0.1) is 11.1 Å². The van der Waals surface area contributed by atoms with Gasteiger partial charge in [0.2, 0.25) is 0 Å². The van der Waals surface area contributed by atoms with Gasteiger partial charge in [-0.2, -0.15) is 0 Å². The summed E-state index contributed by atoms with van der Waals surface area (Å²) in [5.41, 5.74) is 18.1. The summed E-state index contributed by atoms with van der Waals surface area (Å²) in [5.74, 6) is 0. The van der Waals surface area contributed by atoms with E-state index < -0.39 is 0 Å². The van der Waals surface area contributed by atoms with E-state index in [4.69, 9.17) is 4.42 Å². The molecule has 9 aromatic carbocycles. The lowest BCUT2D eigenvalue weighted by molar-refractivity contribution is 0.667. The highest BCUT2D eigenvalue weighted by Crippen LogP contribution is 2.53. The number of hydrogen-bond donors (Lipinski definition) is 0. The van der Waals surface area contributed by atoms with Crippen molar-refractivity contribution in [1.29, 1.82) is 0 Å². The predicted octanol–water partition coefficient (Wildman–Crippen LogP) is 15.4. The van der Waals surface area contributed by atoms with Crippen LogP contribution in [-0.4, -0.2) is 0 Å². The molecule has 1 aliphatic rings. The first-order valence-electron chi connectivity index (χ1n) is 20.0. The molecule has 0 amide bonds. The summed E-state index contributed by atoms with van der Waals surface area (Å²) >= 11 is 0. The predicted molar refractivity (Wildman–Crippen MR) is 242 cm³/mol. The van der Waals surface area contributed by atoms with Gasteiger partial charge in [-0.1, -0.05) is 164 Å². The molecule has 0 N–H and O–H groups in total. The lowest BCUT2D eigenvalue weighted by Crippen LogP contribution is -2.22. The number of anilines is 3. The Kier molecular flexibility index (Phi) is 7.97. The highest BCUT2D eigenvalue weighted by atomic mass is 16.3. The summed E-state index contributed by atoms with van der Waals surface area (Å²) in [6.07, 6.45) is 0. The molecule has 0 spiro atoms. The Morgan fingerprint density at radius 2 is 0.897 bits per heavy atom. The summed E-state index contributed by atoms with van der Waals surface area (Å²) in [6, 6.07) is 78.9. The third kappa shape index (κ3) is 5.49. The maximum Gasteiger partial charge on any atom is 0.137 e. The number of hydrogen-bond acceptors (Lipinski definition) is 2. The maximum absolute atomic E-state index is 6.74. The van der Waals surface area contributed by atoms with Crippen LogP contribution < -0.4 is 4.90 Å². The molecule has 0 fully saturated rings. The molecule has 0 saturated heterocycles. The number of furan rings is 1. The van der Waals surface area contributed by atoms with Crippen LogP contribution in [0, 0.1) is 0 Å². The van der Waals surface area contributed by atoms with Crippen molar-refractivity contribution >= 4 is 39.0 Å². The standard InChI is InChI=1S/C56H39NO/c1-56(50-24-13-11-22-47(50)48-23-12-14-25-51(48)56)44-30-33-53-49(37-44)55-52(26-15-27-54(55)58-53)57(45-31-28-41(29-32-45)38-16-5-2-6-17-38)46-35-42(39-18-7-3-8-19-39)34-43(36-46)40-20-9-4-10-21-40/h2-37H,1H3. The molecule has 0 atom stereocenters. The van der Waals surface area contributed by atoms with Gasteiger partial charge in [-0.25, -0.2) is 0 Å². The molecular weight excluding hydrogens is 703 g/mol. The van der Waals surface area contributed by atoms with Crippen LogP contribution in [0.2, 0.25) is 0 Å². The quantitative estimate of drug-likeness (QED) is 0.162. The van der Waals surface area contributed by atoms with E-state index in [-0.39, 0.29) is 5.41 Å². The van der Waals surface area contributed by atoms with Crippen molar-refractivity contribution in [2.24, 2.45) is 0 Å². The second-order valence-electron chi connectivity index (χ2n) is 15.4. The van der Waals surface area contributed by atoms with Gasteiger partial charge in [0.15, 0.2) is 0 Å². The molecule has 1 aliphatic carbocycles. The van der Waals surface area contributed by atoms with Crippen LogP contribution in [-0.2, 0) is 5.41 Å². The van der Waals surface area contributed by atoms with E-state index in [1.807, 2.05) is 0 Å². The topological polar surface area (TPSA) is 16.4 Å². The van der Waals surface area contributed by atoms with Crippen LogP contribution in [0.4, 0.5) is 17.1 Å². The molecule has 1 aromatic heterocycles. The average Bonchev–Trinajstić information content (AvgIpc) is 3.81. The van der Waals surface area contributed by atoms with Gasteiger partial charge in [0, 0.05) is 22.2 Å². The third-order valence-corrected chi connectivity index (χ3v) is 12.1. The van der Waals surface area contributed by atoms with Crippen molar-refractivity contribution in [1.82, 2.24) is 0 Å².